The third-order valence-corrected chi connectivity index (χ3v) is 1.41. The second-order valence-corrected chi connectivity index (χ2v) is 2.44. The lowest BCUT2D eigenvalue weighted by Crippen LogP contribution is -2.23. The minimum atomic E-state index is -0.338. The van der Waals surface area contributed by atoms with Gasteiger partial charge in [0.2, 0.25) is 0 Å². The average molecular weight is 170 g/mol. The fraction of sp³-hybridized carbons (Fsp3) is 0.333. The Labute approximate surface area is 69.5 Å². The molecule has 1 rings (SSSR count). The Hall–Kier alpha value is -0.970. The summed E-state index contributed by atoms with van der Waals surface area (Å²) in [5.74, 6) is 0.751. The van der Waals surface area contributed by atoms with Crippen molar-refractivity contribution in [3.8, 4) is 0 Å². The van der Waals surface area contributed by atoms with Gasteiger partial charge in [-0.2, -0.15) is 4.98 Å². The zero-order valence-corrected chi connectivity index (χ0v) is 6.67. The van der Waals surface area contributed by atoms with E-state index in [9.17, 15) is 4.79 Å². The molecule has 0 saturated carbocycles. The van der Waals surface area contributed by atoms with Gasteiger partial charge in [-0.25, -0.2) is 4.79 Å². The van der Waals surface area contributed by atoms with Crippen LogP contribution in [0, 0.1) is 0 Å². The minimum absolute atomic E-state index is 0.246. The smallest absolute Gasteiger partial charge is 0.349 e. The summed E-state index contributed by atoms with van der Waals surface area (Å²) < 4.78 is 1.43. The molecule has 0 aromatic carbocycles. The molecule has 5 heteroatoms. The molecule has 1 aromatic rings. The molecule has 1 aromatic heterocycles. The Bertz CT molecular complexity index is 296. The molecule has 1 radical (unpaired) electrons. The van der Waals surface area contributed by atoms with Crippen LogP contribution in [0.3, 0.4) is 0 Å². The van der Waals surface area contributed by atoms with Gasteiger partial charge >= 0.3 is 5.69 Å². The topological polar surface area (TPSA) is 60.9 Å². The molecule has 0 aliphatic heterocycles. The van der Waals surface area contributed by atoms with E-state index in [1.54, 1.807) is 12.3 Å². The van der Waals surface area contributed by atoms with E-state index in [0.717, 1.165) is 0 Å². The molecule has 1 heterocycles. The van der Waals surface area contributed by atoms with E-state index in [1.807, 2.05) is 0 Å². The fourth-order valence-electron chi connectivity index (χ4n) is 0.711. The van der Waals surface area contributed by atoms with Crippen molar-refractivity contribution < 1.29 is 0 Å². The molecule has 0 spiro atoms. The van der Waals surface area contributed by atoms with Crippen LogP contribution in [0.4, 0.5) is 5.82 Å². The molecule has 0 amide bonds. The number of nitrogens with zero attached hydrogens (tertiary/aromatic N) is 2. The first kappa shape index (κ1) is 8.13. The highest BCUT2D eigenvalue weighted by Gasteiger charge is 1.94. The highest BCUT2D eigenvalue weighted by Crippen LogP contribution is 1.89. The Morgan fingerprint density at radius 2 is 2.45 bits per heavy atom. The van der Waals surface area contributed by atoms with Crippen molar-refractivity contribution in [2.75, 3.05) is 11.5 Å². The zero-order valence-electron chi connectivity index (χ0n) is 5.86. The second kappa shape index (κ2) is 3.43. The van der Waals surface area contributed by atoms with Crippen LogP contribution in [0.2, 0.25) is 0 Å². The molecule has 0 aliphatic carbocycles. The lowest BCUT2D eigenvalue weighted by Gasteiger charge is -2.00. The monoisotopic (exact) mass is 170 g/mol. The van der Waals surface area contributed by atoms with Crippen molar-refractivity contribution in [2.45, 2.75) is 6.54 Å². The van der Waals surface area contributed by atoms with Crippen LogP contribution in [-0.2, 0) is 6.54 Å². The van der Waals surface area contributed by atoms with Crippen molar-refractivity contribution >= 4 is 18.4 Å². The maximum Gasteiger partial charge on any atom is 0.349 e. The molecule has 11 heavy (non-hydrogen) atoms. The number of aromatic nitrogens is 2. The number of aryl methyl sites for hydroxylation is 1. The third-order valence-electron chi connectivity index (χ3n) is 1.23. The number of hydrogen-bond donors (Lipinski definition) is 1. The number of anilines is 1. The van der Waals surface area contributed by atoms with Crippen LogP contribution in [0.25, 0.3) is 0 Å². The zero-order chi connectivity index (χ0) is 8.27. The molecular formula is C6H8N3OS. The number of hydrogen-bond acceptors (Lipinski definition) is 3. The van der Waals surface area contributed by atoms with Gasteiger partial charge in [0.25, 0.3) is 0 Å². The molecule has 0 unspecified atom stereocenters. The van der Waals surface area contributed by atoms with Crippen molar-refractivity contribution in [3.63, 3.8) is 0 Å². The van der Waals surface area contributed by atoms with Crippen molar-refractivity contribution in [1.29, 1.82) is 0 Å². The molecule has 0 aliphatic rings. The summed E-state index contributed by atoms with van der Waals surface area (Å²) in [4.78, 5) is 14.5. The molecule has 59 valence electrons. The van der Waals surface area contributed by atoms with Gasteiger partial charge in [0, 0.05) is 18.5 Å². The van der Waals surface area contributed by atoms with E-state index in [-0.39, 0.29) is 11.5 Å². The summed E-state index contributed by atoms with van der Waals surface area (Å²) in [5.41, 5.74) is 4.94. The standard InChI is InChI=1S/C6H8N3OS/c7-5-1-2-9(3-4-11)6(10)8-5/h1-2H,3-4H2,(H2,7,8,10). The summed E-state index contributed by atoms with van der Waals surface area (Å²) in [6.45, 7) is 0.515. The van der Waals surface area contributed by atoms with Gasteiger partial charge in [-0.15, -0.1) is 0 Å². The largest absolute Gasteiger partial charge is 0.383 e. The summed E-state index contributed by atoms with van der Waals surface area (Å²) >= 11 is 4.71. The molecule has 2 N–H and O–H groups in total. The van der Waals surface area contributed by atoms with Crippen molar-refractivity contribution in [2.24, 2.45) is 0 Å². The molecule has 0 fully saturated rings. The summed E-state index contributed by atoms with van der Waals surface area (Å²) in [6, 6.07) is 1.58. The van der Waals surface area contributed by atoms with Gasteiger partial charge < -0.3 is 5.73 Å². The first-order chi connectivity index (χ1) is 5.24. The maximum absolute atomic E-state index is 11.0. The molecule has 0 bridgehead atoms. The maximum atomic E-state index is 11.0. The molecular weight excluding hydrogens is 162 g/mol. The summed E-state index contributed by atoms with van der Waals surface area (Å²) in [5, 5.41) is 0. The van der Waals surface area contributed by atoms with Gasteiger partial charge in [0.15, 0.2) is 0 Å². The van der Waals surface area contributed by atoms with E-state index in [4.69, 9.17) is 18.4 Å². The van der Waals surface area contributed by atoms with E-state index in [0.29, 0.717) is 12.3 Å². The molecule has 0 saturated heterocycles. The van der Waals surface area contributed by atoms with Crippen LogP contribution in [0.5, 0.6) is 0 Å². The molecule has 0 atom stereocenters. The van der Waals surface area contributed by atoms with Gasteiger partial charge in [0.1, 0.15) is 5.82 Å². The predicted octanol–water partition coefficient (Wildman–Crippen LogP) is 0.0230. The van der Waals surface area contributed by atoms with Crippen LogP contribution in [0.1, 0.15) is 0 Å². The number of nitrogen functional groups attached to an aromatic ring is 1. The fourth-order valence-corrected chi connectivity index (χ4v) is 0.907. The first-order valence-electron chi connectivity index (χ1n) is 3.15. The Balaban J connectivity index is 3.00. The SMILES string of the molecule is Nc1ccn(CC[S])c(=O)n1. The number of rotatable bonds is 2. The number of nitrogens with two attached hydrogens (primary N) is 1. The lowest BCUT2D eigenvalue weighted by molar-refractivity contribution is 0.709. The Kier molecular flexibility index (Phi) is 2.53. The third kappa shape index (κ3) is 1.98. The van der Waals surface area contributed by atoms with E-state index in [2.05, 4.69) is 4.98 Å². The van der Waals surface area contributed by atoms with Crippen molar-refractivity contribution in [1.82, 2.24) is 9.55 Å². The van der Waals surface area contributed by atoms with Gasteiger partial charge in [-0.3, -0.25) is 4.57 Å². The average Bonchev–Trinajstić information content (AvgIpc) is 1.95. The summed E-state index contributed by atoms with van der Waals surface area (Å²) in [7, 11) is 0. The van der Waals surface area contributed by atoms with Gasteiger partial charge in [-0.1, -0.05) is 12.6 Å². The second-order valence-electron chi connectivity index (χ2n) is 2.03. The van der Waals surface area contributed by atoms with E-state index >= 15 is 0 Å². The highest BCUT2D eigenvalue weighted by atomic mass is 32.1. The van der Waals surface area contributed by atoms with E-state index < -0.39 is 0 Å². The Morgan fingerprint density at radius 3 is 3.00 bits per heavy atom. The summed E-state index contributed by atoms with van der Waals surface area (Å²) in [6.07, 6.45) is 1.59. The van der Waals surface area contributed by atoms with E-state index in [1.165, 1.54) is 4.57 Å². The first-order valence-corrected chi connectivity index (χ1v) is 3.73. The minimum Gasteiger partial charge on any atom is -0.383 e. The molecule has 4 nitrogen and oxygen atoms in total. The van der Waals surface area contributed by atoms with Crippen molar-refractivity contribution in [3.05, 3.63) is 22.7 Å². The van der Waals surface area contributed by atoms with Crippen LogP contribution in [-0.4, -0.2) is 15.3 Å². The van der Waals surface area contributed by atoms with Crippen LogP contribution in [0.15, 0.2) is 17.1 Å². The van der Waals surface area contributed by atoms with Crippen LogP contribution >= 0.6 is 12.6 Å². The van der Waals surface area contributed by atoms with Gasteiger partial charge in [0.05, 0.1) is 0 Å². The van der Waals surface area contributed by atoms with Gasteiger partial charge in [-0.05, 0) is 6.07 Å². The predicted molar refractivity (Wildman–Crippen MR) is 45.4 cm³/mol. The highest BCUT2D eigenvalue weighted by molar-refractivity contribution is 7.80. The Morgan fingerprint density at radius 1 is 1.73 bits per heavy atom. The van der Waals surface area contributed by atoms with Crippen LogP contribution < -0.4 is 11.4 Å². The quantitative estimate of drug-likeness (QED) is 0.680. The lowest BCUT2D eigenvalue weighted by atomic mass is 10.6. The normalized spacial score (nSPS) is 9.91.